The summed E-state index contributed by atoms with van der Waals surface area (Å²) in [6, 6.07) is 0. The van der Waals surface area contributed by atoms with Gasteiger partial charge in [-0.25, -0.2) is 4.79 Å². The van der Waals surface area contributed by atoms with Gasteiger partial charge in [0.25, 0.3) is 0 Å². The Morgan fingerprint density at radius 2 is 2.07 bits per heavy atom. The van der Waals surface area contributed by atoms with Crippen molar-refractivity contribution < 1.29 is 28.2 Å². The molecule has 1 aliphatic heterocycles. The predicted molar refractivity (Wildman–Crippen MR) is 100 cm³/mol. The van der Waals surface area contributed by atoms with Gasteiger partial charge >= 0.3 is 12.1 Å². The fourth-order valence-corrected chi connectivity index (χ4v) is 3.32. The molecule has 2 N–H and O–H groups in total. The number of halogens is 3. The van der Waals surface area contributed by atoms with E-state index < -0.39 is 12.1 Å². The molecule has 9 nitrogen and oxygen atoms in total. The first kappa shape index (κ1) is 23.8. The van der Waals surface area contributed by atoms with Gasteiger partial charge in [0.05, 0.1) is 11.9 Å². The van der Waals surface area contributed by atoms with Crippen LogP contribution in [0.5, 0.6) is 0 Å². The number of aliphatic carboxylic acids is 1. The van der Waals surface area contributed by atoms with E-state index in [0.717, 1.165) is 44.7 Å². The van der Waals surface area contributed by atoms with Crippen LogP contribution in [0, 0.1) is 5.92 Å². The van der Waals surface area contributed by atoms with Crippen LogP contribution in [0.25, 0.3) is 0 Å². The third-order valence-electron chi connectivity index (χ3n) is 4.63. The van der Waals surface area contributed by atoms with Crippen molar-refractivity contribution in [3.63, 3.8) is 0 Å². The molecule has 0 amide bonds. The van der Waals surface area contributed by atoms with Crippen LogP contribution in [0.1, 0.15) is 30.5 Å². The summed E-state index contributed by atoms with van der Waals surface area (Å²) < 4.78 is 35.6. The van der Waals surface area contributed by atoms with Crippen molar-refractivity contribution in [2.75, 3.05) is 19.7 Å². The molecular formula is C18H27F3N6O3. The number of nitrogens with zero attached hydrogens (tertiary/aromatic N) is 6. The van der Waals surface area contributed by atoms with Gasteiger partial charge in [-0.3, -0.25) is 14.3 Å². The maximum Gasteiger partial charge on any atom is 0.490 e. The van der Waals surface area contributed by atoms with Crippen molar-refractivity contribution in [3.8, 4) is 0 Å². The highest BCUT2D eigenvalue weighted by atomic mass is 19.4. The molecule has 3 rings (SSSR count). The van der Waals surface area contributed by atoms with E-state index in [1.807, 2.05) is 28.8 Å². The summed E-state index contributed by atoms with van der Waals surface area (Å²) in [5, 5.41) is 28.7. The SMILES string of the molecule is Cn1cc(CN2CCCC(Cn3cc(CCCO)nn3)C2)cn1.O=C(O)C(F)(F)F. The summed E-state index contributed by atoms with van der Waals surface area (Å²) in [7, 11) is 1.96. The highest BCUT2D eigenvalue weighted by Crippen LogP contribution is 2.20. The van der Waals surface area contributed by atoms with Crippen LogP contribution < -0.4 is 0 Å². The van der Waals surface area contributed by atoms with E-state index in [1.54, 1.807) is 0 Å². The lowest BCUT2D eigenvalue weighted by Gasteiger charge is -2.32. The number of aliphatic hydroxyl groups is 1. The van der Waals surface area contributed by atoms with Crippen LogP contribution in [-0.4, -0.2) is 71.7 Å². The Labute approximate surface area is 172 Å². The Bertz CT molecular complexity index is 792. The summed E-state index contributed by atoms with van der Waals surface area (Å²) in [6.45, 7) is 4.36. The zero-order chi connectivity index (χ0) is 22.1. The molecule has 1 atom stereocenters. The van der Waals surface area contributed by atoms with Gasteiger partial charge in [0.2, 0.25) is 0 Å². The number of likely N-dealkylation sites (tertiary alicyclic amines) is 1. The smallest absolute Gasteiger partial charge is 0.475 e. The molecule has 2 aromatic rings. The van der Waals surface area contributed by atoms with Crippen molar-refractivity contribution in [3.05, 3.63) is 29.8 Å². The minimum Gasteiger partial charge on any atom is -0.475 e. The molecule has 0 saturated carbocycles. The van der Waals surface area contributed by atoms with E-state index in [4.69, 9.17) is 15.0 Å². The van der Waals surface area contributed by atoms with Crippen molar-refractivity contribution in [1.29, 1.82) is 0 Å². The normalized spacial score (nSPS) is 17.4. The minimum atomic E-state index is -5.08. The fourth-order valence-electron chi connectivity index (χ4n) is 3.32. The Balaban J connectivity index is 0.000000396. The third-order valence-corrected chi connectivity index (χ3v) is 4.63. The molecule has 0 bridgehead atoms. The number of carboxylic acids is 1. The Kier molecular flexibility index (Phi) is 8.78. The number of carboxylic acid groups (broad SMARTS) is 1. The third kappa shape index (κ3) is 8.11. The highest BCUT2D eigenvalue weighted by Gasteiger charge is 2.38. The average molecular weight is 432 g/mol. The molecule has 12 heteroatoms. The van der Waals surface area contributed by atoms with Gasteiger partial charge < -0.3 is 10.2 Å². The summed E-state index contributed by atoms with van der Waals surface area (Å²) >= 11 is 0. The first-order valence-corrected chi connectivity index (χ1v) is 9.67. The summed E-state index contributed by atoms with van der Waals surface area (Å²) in [4.78, 5) is 11.4. The number of aryl methyl sites for hydroxylation is 2. The zero-order valence-corrected chi connectivity index (χ0v) is 16.8. The van der Waals surface area contributed by atoms with Crippen molar-refractivity contribution in [2.45, 2.75) is 44.9 Å². The van der Waals surface area contributed by atoms with Crippen molar-refractivity contribution in [1.82, 2.24) is 29.7 Å². The second-order valence-electron chi connectivity index (χ2n) is 7.33. The lowest BCUT2D eigenvalue weighted by molar-refractivity contribution is -0.192. The molecule has 2 aromatic heterocycles. The highest BCUT2D eigenvalue weighted by molar-refractivity contribution is 5.73. The molecule has 1 fully saturated rings. The van der Waals surface area contributed by atoms with E-state index in [1.165, 1.54) is 18.4 Å². The summed E-state index contributed by atoms with van der Waals surface area (Å²) in [5.41, 5.74) is 2.25. The van der Waals surface area contributed by atoms with Gasteiger partial charge in [-0.2, -0.15) is 18.3 Å². The monoisotopic (exact) mass is 432 g/mol. The molecule has 0 aliphatic carbocycles. The molecule has 1 aliphatic rings. The molecular weight excluding hydrogens is 405 g/mol. The van der Waals surface area contributed by atoms with Crippen molar-refractivity contribution >= 4 is 5.97 Å². The number of aliphatic hydroxyl groups excluding tert-OH is 1. The van der Waals surface area contributed by atoms with Gasteiger partial charge in [0.15, 0.2) is 0 Å². The number of aromatic nitrogens is 5. The first-order valence-electron chi connectivity index (χ1n) is 9.67. The topological polar surface area (TPSA) is 109 Å². The maximum absolute atomic E-state index is 10.6. The van der Waals surface area contributed by atoms with Gasteiger partial charge in [0, 0.05) is 51.2 Å². The molecule has 30 heavy (non-hydrogen) atoms. The van der Waals surface area contributed by atoms with E-state index in [0.29, 0.717) is 5.92 Å². The molecule has 0 spiro atoms. The van der Waals surface area contributed by atoms with Crippen LogP contribution in [0.2, 0.25) is 0 Å². The van der Waals surface area contributed by atoms with Crippen LogP contribution in [0.15, 0.2) is 18.6 Å². The summed E-state index contributed by atoms with van der Waals surface area (Å²) in [6.07, 6.45) is 5.01. The number of hydrogen-bond donors (Lipinski definition) is 2. The molecule has 3 heterocycles. The summed E-state index contributed by atoms with van der Waals surface area (Å²) in [5.74, 6) is -2.14. The number of alkyl halides is 3. The second kappa shape index (κ2) is 11.1. The van der Waals surface area contributed by atoms with Crippen LogP contribution in [0.3, 0.4) is 0 Å². The Morgan fingerprint density at radius 1 is 1.33 bits per heavy atom. The van der Waals surface area contributed by atoms with Gasteiger partial charge in [-0.05, 0) is 38.1 Å². The quantitative estimate of drug-likeness (QED) is 0.682. The van der Waals surface area contributed by atoms with E-state index in [-0.39, 0.29) is 6.61 Å². The van der Waals surface area contributed by atoms with Gasteiger partial charge in [-0.15, -0.1) is 5.10 Å². The van der Waals surface area contributed by atoms with E-state index >= 15 is 0 Å². The molecule has 1 saturated heterocycles. The Morgan fingerprint density at radius 3 is 2.67 bits per heavy atom. The lowest BCUT2D eigenvalue weighted by Crippen LogP contribution is -2.36. The minimum absolute atomic E-state index is 0.207. The Hall–Kier alpha value is -2.47. The predicted octanol–water partition coefficient (Wildman–Crippen LogP) is 1.48. The number of carbonyl (C=O) groups is 1. The van der Waals surface area contributed by atoms with Crippen LogP contribution >= 0.6 is 0 Å². The largest absolute Gasteiger partial charge is 0.490 e. The maximum atomic E-state index is 10.6. The average Bonchev–Trinajstić information content (AvgIpc) is 3.29. The van der Waals surface area contributed by atoms with E-state index in [9.17, 15) is 13.2 Å². The van der Waals surface area contributed by atoms with Crippen LogP contribution in [0.4, 0.5) is 13.2 Å². The first-order chi connectivity index (χ1) is 14.2. The second-order valence-corrected chi connectivity index (χ2v) is 7.33. The zero-order valence-electron chi connectivity index (χ0n) is 16.8. The van der Waals surface area contributed by atoms with Gasteiger partial charge in [0.1, 0.15) is 0 Å². The standard InChI is InChI=1S/C16H26N6O.C2HF3O2/c1-20-9-15(8-17-20)11-21-6-2-4-14(10-21)12-22-13-16(18-19-22)5-3-7-23;3-2(4,5)1(6)7/h8-9,13-14,23H,2-7,10-12H2,1H3;(H,6,7). The van der Waals surface area contributed by atoms with Crippen LogP contribution in [-0.2, 0) is 31.4 Å². The fraction of sp³-hybridized carbons (Fsp3) is 0.667. The molecule has 0 radical (unpaired) electrons. The molecule has 1 unspecified atom stereocenters. The van der Waals surface area contributed by atoms with Crippen molar-refractivity contribution in [2.24, 2.45) is 13.0 Å². The lowest BCUT2D eigenvalue weighted by atomic mass is 9.98. The number of hydrogen-bond acceptors (Lipinski definition) is 6. The molecule has 0 aromatic carbocycles. The number of rotatable bonds is 7. The molecule has 168 valence electrons. The number of piperidine rings is 1. The van der Waals surface area contributed by atoms with E-state index in [2.05, 4.69) is 26.5 Å². The van der Waals surface area contributed by atoms with Gasteiger partial charge in [-0.1, -0.05) is 5.21 Å².